The average molecular weight is 407 g/mol. The van der Waals surface area contributed by atoms with E-state index in [1.807, 2.05) is 0 Å². The minimum atomic E-state index is -1.40. The zero-order valence-electron chi connectivity index (χ0n) is 14.3. The summed E-state index contributed by atoms with van der Waals surface area (Å²) in [6.07, 6.45) is 0. The summed E-state index contributed by atoms with van der Waals surface area (Å²) in [6, 6.07) is -0.344. The molecule has 11 heteroatoms. The van der Waals surface area contributed by atoms with Crippen LogP contribution in [0.1, 0.15) is 25.3 Å². The van der Waals surface area contributed by atoms with Crippen molar-refractivity contribution in [3.05, 3.63) is 22.4 Å². The molecule has 3 N–H and O–H groups in total. The summed E-state index contributed by atoms with van der Waals surface area (Å²) in [6.45, 7) is 3.46. The number of thioether (sulfide) groups is 1. The van der Waals surface area contributed by atoms with Crippen molar-refractivity contribution in [3.63, 3.8) is 0 Å². The number of carboxylic acid groups (broad SMARTS) is 2. The largest absolute Gasteiger partial charge is 1.00 e. The Morgan fingerprint density at radius 3 is 2.46 bits per heavy atom. The van der Waals surface area contributed by atoms with E-state index < -0.39 is 51.9 Å². The third-order valence-electron chi connectivity index (χ3n) is 4.36. The van der Waals surface area contributed by atoms with Crippen LogP contribution in [0.25, 0.3) is 0 Å². The third kappa shape index (κ3) is 3.40. The van der Waals surface area contributed by atoms with Gasteiger partial charge in [-0.05, 0) is 36.2 Å². The molecule has 0 aliphatic carbocycles. The number of amides is 2. The molecule has 2 saturated heterocycles. The molecule has 3 heterocycles. The number of hydrogen-bond acceptors (Lipinski definition) is 6. The SMILES string of the molecule is CC1(C)S[C@@H]2[C@H](NC(=O)[C@H](C(=O)O)c3ccsc3)C(=O)N2[C@H]1C(=O)O.[Na+]. The van der Waals surface area contributed by atoms with Crippen molar-refractivity contribution in [2.24, 2.45) is 0 Å². The first-order chi connectivity index (χ1) is 11.6. The Balaban J connectivity index is 0.00000243. The van der Waals surface area contributed by atoms with E-state index in [2.05, 4.69) is 5.32 Å². The number of carboxylic acids is 2. The molecule has 4 atom stereocenters. The predicted octanol–water partition coefficient (Wildman–Crippen LogP) is -2.45. The Kier molecular flexibility index (Phi) is 6.13. The molecule has 0 aromatic carbocycles. The van der Waals surface area contributed by atoms with Gasteiger partial charge in [-0.3, -0.25) is 14.4 Å². The first-order valence-electron chi connectivity index (χ1n) is 7.43. The number of rotatable bonds is 5. The van der Waals surface area contributed by atoms with Gasteiger partial charge >= 0.3 is 41.5 Å². The number of nitrogens with zero attached hydrogens (tertiary/aromatic N) is 1. The maximum atomic E-state index is 12.4. The number of thiophene rings is 1. The van der Waals surface area contributed by atoms with Gasteiger partial charge in [-0.1, -0.05) is 0 Å². The molecule has 0 bridgehead atoms. The normalized spacial score (nSPS) is 26.9. The van der Waals surface area contributed by atoms with Crippen LogP contribution in [0.3, 0.4) is 0 Å². The van der Waals surface area contributed by atoms with E-state index in [4.69, 9.17) is 0 Å². The number of fused-ring (bicyclic) bond motifs is 1. The fourth-order valence-corrected chi connectivity index (χ4v) is 5.54. The fourth-order valence-electron chi connectivity index (χ4n) is 3.23. The van der Waals surface area contributed by atoms with Gasteiger partial charge in [-0.25, -0.2) is 4.79 Å². The maximum absolute atomic E-state index is 12.4. The van der Waals surface area contributed by atoms with Crippen LogP contribution in [0.4, 0.5) is 0 Å². The van der Waals surface area contributed by atoms with Crippen LogP contribution in [0.5, 0.6) is 0 Å². The van der Waals surface area contributed by atoms with Crippen LogP contribution in [-0.4, -0.2) is 61.1 Å². The number of carbonyl (C=O) groups excluding carboxylic acids is 2. The van der Waals surface area contributed by atoms with E-state index in [1.54, 1.807) is 30.7 Å². The summed E-state index contributed by atoms with van der Waals surface area (Å²) in [4.78, 5) is 48.9. The standard InChI is InChI=1S/C15H16N2O6S2.Na/c1-15(2)9(14(22)23)17-11(19)8(12(17)25-15)16-10(18)7(13(20)21)6-3-4-24-5-6;/h3-5,7-9,12H,1-2H3,(H,16,18)(H,20,21)(H,22,23);/q;+1/t7-,8-,9+,12-;/m1./s1. The zero-order valence-corrected chi connectivity index (χ0v) is 18.0. The van der Waals surface area contributed by atoms with Gasteiger partial charge < -0.3 is 20.4 Å². The summed E-state index contributed by atoms with van der Waals surface area (Å²) in [5.74, 6) is -5.08. The zero-order chi connectivity index (χ0) is 18.5. The molecule has 26 heavy (non-hydrogen) atoms. The first-order valence-corrected chi connectivity index (χ1v) is 9.25. The number of hydrogen-bond donors (Lipinski definition) is 3. The molecule has 2 fully saturated rings. The smallest absolute Gasteiger partial charge is 0.480 e. The van der Waals surface area contributed by atoms with Crippen molar-refractivity contribution in [2.75, 3.05) is 0 Å². The van der Waals surface area contributed by atoms with E-state index in [0.717, 1.165) is 0 Å². The van der Waals surface area contributed by atoms with Gasteiger partial charge in [0.25, 0.3) is 0 Å². The molecule has 2 aliphatic rings. The summed E-state index contributed by atoms with van der Waals surface area (Å²) in [7, 11) is 0. The van der Waals surface area contributed by atoms with E-state index in [1.165, 1.54) is 28.0 Å². The monoisotopic (exact) mass is 407 g/mol. The quantitative estimate of drug-likeness (QED) is 0.281. The summed E-state index contributed by atoms with van der Waals surface area (Å²) in [5, 5.41) is 23.9. The van der Waals surface area contributed by atoms with E-state index in [9.17, 15) is 29.4 Å². The Bertz CT molecular complexity index is 753. The second kappa shape index (κ2) is 7.51. The van der Waals surface area contributed by atoms with Crippen LogP contribution >= 0.6 is 23.1 Å². The van der Waals surface area contributed by atoms with Gasteiger partial charge in [0.1, 0.15) is 17.5 Å². The number of nitrogens with one attached hydrogen (secondary N) is 1. The average Bonchev–Trinajstić information content (AvgIpc) is 3.09. The Morgan fingerprint density at radius 1 is 1.31 bits per heavy atom. The predicted molar refractivity (Wildman–Crippen MR) is 90.4 cm³/mol. The molecule has 2 amide bonds. The summed E-state index contributed by atoms with van der Waals surface area (Å²) < 4.78 is -0.703. The van der Waals surface area contributed by atoms with E-state index in [-0.39, 0.29) is 29.6 Å². The van der Waals surface area contributed by atoms with Crippen LogP contribution in [0.15, 0.2) is 16.8 Å². The van der Waals surface area contributed by atoms with Crippen LogP contribution in [-0.2, 0) is 19.2 Å². The minimum absolute atomic E-state index is 0. The minimum Gasteiger partial charge on any atom is -0.480 e. The van der Waals surface area contributed by atoms with Crippen LogP contribution in [0.2, 0.25) is 0 Å². The number of β-lactam (4-membered cyclic amide) rings is 1. The van der Waals surface area contributed by atoms with Crippen molar-refractivity contribution in [1.29, 1.82) is 0 Å². The molecule has 0 radical (unpaired) electrons. The molecule has 1 aromatic rings. The van der Waals surface area contributed by atoms with Gasteiger partial charge in [0.05, 0.1) is 0 Å². The van der Waals surface area contributed by atoms with Gasteiger partial charge in [-0.2, -0.15) is 11.3 Å². The topological polar surface area (TPSA) is 124 Å². The van der Waals surface area contributed by atoms with Crippen molar-refractivity contribution in [3.8, 4) is 0 Å². The Hall–Kier alpha value is -1.07. The van der Waals surface area contributed by atoms with Gasteiger partial charge in [0.15, 0.2) is 5.92 Å². The molecule has 8 nitrogen and oxygen atoms in total. The Labute approximate surface area is 179 Å². The van der Waals surface area contributed by atoms with E-state index in [0.29, 0.717) is 5.56 Å². The molecule has 0 saturated carbocycles. The molecular weight excluding hydrogens is 391 g/mol. The van der Waals surface area contributed by atoms with Crippen molar-refractivity contribution in [2.45, 2.75) is 42.0 Å². The number of carbonyl (C=O) groups is 4. The molecule has 2 aliphatic heterocycles. The fraction of sp³-hybridized carbons (Fsp3) is 0.467. The summed E-state index contributed by atoms with van der Waals surface area (Å²) in [5.41, 5.74) is 0.349. The molecule has 1 aromatic heterocycles. The van der Waals surface area contributed by atoms with Gasteiger partial charge in [0.2, 0.25) is 11.8 Å². The van der Waals surface area contributed by atoms with Gasteiger partial charge in [0, 0.05) is 4.75 Å². The molecular formula is C15H16N2NaO6S2+. The number of aliphatic carboxylic acids is 2. The maximum Gasteiger partial charge on any atom is 1.00 e. The third-order valence-corrected chi connectivity index (χ3v) is 6.63. The van der Waals surface area contributed by atoms with Crippen molar-refractivity contribution in [1.82, 2.24) is 10.2 Å². The second-order valence-corrected chi connectivity index (χ2v) is 8.96. The van der Waals surface area contributed by atoms with Crippen LogP contribution in [0, 0.1) is 0 Å². The van der Waals surface area contributed by atoms with Gasteiger partial charge in [-0.15, -0.1) is 11.8 Å². The molecule has 0 unspecified atom stereocenters. The molecule has 0 spiro atoms. The van der Waals surface area contributed by atoms with Crippen molar-refractivity contribution >= 4 is 46.9 Å². The second-order valence-electron chi connectivity index (χ2n) is 6.41. The van der Waals surface area contributed by atoms with Crippen molar-refractivity contribution < 1.29 is 58.9 Å². The molecule has 3 rings (SSSR count). The Morgan fingerprint density at radius 2 is 1.96 bits per heavy atom. The summed E-state index contributed by atoms with van der Waals surface area (Å²) >= 11 is 2.56. The van der Waals surface area contributed by atoms with E-state index >= 15 is 0 Å². The first kappa shape index (κ1) is 21.2. The van der Waals surface area contributed by atoms with Crippen LogP contribution < -0.4 is 34.9 Å². The molecule has 134 valence electrons.